The molecule has 0 radical (unpaired) electrons. The monoisotopic (exact) mass is 351 g/mol. The standard InChI is InChI=1S/C15H11F6NO2/c1-23-10-2-3-12(22)13(7-10)24-11-5-8(14(16,17)18)4-9(6-11)15(19,20)21/h2-7H,22H2,1H3. The van der Waals surface area contributed by atoms with Crippen LogP contribution >= 0.6 is 0 Å². The molecule has 9 heteroatoms. The summed E-state index contributed by atoms with van der Waals surface area (Å²) >= 11 is 0. The lowest BCUT2D eigenvalue weighted by molar-refractivity contribution is -0.143. The Kier molecular flexibility index (Phi) is 4.54. The lowest BCUT2D eigenvalue weighted by Gasteiger charge is -2.15. The molecule has 2 aromatic carbocycles. The van der Waals surface area contributed by atoms with Crippen LogP contribution in [0.15, 0.2) is 36.4 Å². The fourth-order valence-electron chi connectivity index (χ4n) is 1.84. The summed E-state index contributed by atoms with van der Waals surface area (Å²) in [5.41, 5.74) is 2.69. The second-order valence-electron chi connectivity index (χ2n) is 4.75. The average Bonchev–Trinajstić information content (AvgIpc) is 2.47. The van der Waals surface area contributed by atoms with E-state index in [1.165, 1.54) is 25.3 Å². The summed E-state index contributed by atoms with van der Waals surface area (Å²) in [5.74, 6) is -0.485. The highest BCUT2D eigenvalue weighted by atomic mass is 19.4. The average molecular weight is 351 g/mol. The highest BCUT2D eigenvalue weighted by Crippen LogP contribution is 2.40. The van der Waals surface area contributed by atoms with E-state index >= 15 is 0 Å². The Bertz CT molecular complexity index is 707. The van der Waals surface area contributed by atoms with Crippen molar-refractivity contribution in [2.45, 2.75) is 12.4 Å². The highest BCUT2D eigenvalue weighted by Gasteiger charge is 2.37. The molecule has 2 aromatic rings. The first-order valence-electron chi connectivity index (χ1n) is 6.41. The number of rotatable bonds is 3. The minimum atomic E-state index is -4.96. The minimum Gasteiger partial charge on any atom is -0.497 e. The maximum atomic E-state index is 12.8. The first-order chi connectivity index (χ1) is 11.0. The van der Waals surface area contributed by atoms with Crippen molar-refractivity contribution in [2.24, 2.45) is 0 Å². The van der Waals surface area contributed by atoms with E-state index in [-0.39, 0.29) is 23.3 Å². The van der Waals surface area contributed by atoms with Crippen molar-refractivity contribution in [3.8, 4) is 17.2 Å². The van der Waals surface area contributed by atoms with Gasteiger partial charge in [-0.25, -0.2) is 0 Å². The molecule has 0 bridgehead atoms. The van der Waals surface area contributed by atoms with Gasteiger partial charge >= 0.3 is 12.4 Å². The molecule has 0 aliphatic rings. The summed E-state index contributed by atoms with van der Waals surface area (Å²) in [5, 5.41) is 0. The summed E-state index contributed by atoms with van der Waals surface area (Å²) < 4.78 is 86.9. The number of hydrogen-bond acceptors (Lipinski definition) is 3. The maximum Gasteiger partial charge on any atom is 0.416 e. The van der Waals surface area contributed by atoms with Crippen molar-refractivity contribution in [3.63, 3.8) is 0 Å². The molecule has 3 nitrogen and oxygen atoms in total. The Balaban J connectivity index is 2.50. The van der Waals surface area contributed by atoms with E-state index in [2.05, 4.69) is 0 Å². The molecule has 0 saturated heterocycles. The van der Waals surface area contributed by atoms with Crippen LogP contribution in [0.25, 0.3) is 0 Å². The van der Waals surface area contributed by atoms with E-state index in [0.717, 1.165) is 0 Å². The number of alkyl halides is 6. The topological polar surface area (TPSA) is 44.5 Å². The Labute approximate surface area is 132 Å². The van der Waals surface area contributed by atoms with Gasteiger partial charge < -0.3 is 15.2 Å². The van der Waals surface area contributed by atoms with Crippen LogP contribution in [0.3, 0.4) is 0 Å². The third-order valence-corrected chi connectivity index (χ3v) is 3.01. The summed E-state index contributed by atoms with van der Waals surface area (Å²) in [6, 6.07) is 5.02. The van der Waals surface area contributed by atoms with Gasteiger partial charge in [0.05, 0.1) is 23.9 Å². The van der Waals surface area contributed by atoms with E-state index < -0.39 is 29.2 Å². The van der Waals surface area contributed by atoms with E-state index in [1.807, 2.05) is 0 Å². The van der Waals surface area contributed by atoms with Crippen LogP contribution < -0.4 is 15.2 Å². The predicted molar refractivity (Wildman–Crippen MR) is 73.9 cm³/mol. The van der Waals surface area contributed by atoms with E-state index in [9.17, 15) is 26.3 Å². The van der Waals surface area contributed by atoms with Crippen molar-refractivity contribution >= 4 is 5.69 Å². The maximum absolute atomic E-state index is 12.8. The molecule has 0 saturated carbocycles. The van der Waals surface area contributed by atoms with Gasteiger partial charge in [0.15, 0.2) is 5.75 Å². The number of benzene rings is 2. The normalized spacial score (nSPS) is 12.1. The number of ether oxygens (including phenoxy) is 2. The molecular formula is C15H11F6NO2. The van der Waals surface area contributed by atoms with Crippen molar-refractivity contribution < 1.29 is 35.8 Å². The van der Waals surface area contributed by atoms with Crippen LogP contribution in [0.5, 0.6) is 17.2 Å². The van der Waals surface area contributed by atoms with E-state index in [1.54, 1.807) is 0 Å². The molecule has 0 unspecified atom stereocenters. The third kappa shape index (κ3) is 4.03. The highest BCUT2D eigenvalue weighted by molar-refractivity contribution is 5.57. The Morgan fingerprint density at radius 1 is 0.792 bits per heavy atom. The first-order valence-corrected chi connectivity index (χ1v) is 6.41. The fourth-order valence-corrected chi connectivity index (χ4v) is 1.84. The van der Waals surface area contributed by atoms with Gasteiger partial charge in [0.1, 0.15) is 11.5 Å². The van der Waals surface area contributed by atoms with E-state index in [4.69, 9.17) is 15.2 Å². The van der Waals surface area contributed by atoms with Crippen LogP contribution in [0.4, 0.5) is 32.0 Å². The van der Waals surface area contributed by atoms with Gasteiger partial charge in [-0.15, -0.1) is 0 Å². The molecule has 2 rings (SSSR count). The molecule has 0 aromatic heterocycles. The van der Waals surface area contributed by atoms with Crippen LogP contribution in [0.1, 0.15) is 11.1 Å². The molecule has 0 aliphatic carbocycles. The smallest absolute Gasteiger partial charge is 0.416 e. The first kappa shape index (κ1) is 17.8. The van der Waals surface area contributed by atoms with Gasteiger partial charge in [-0.1, -0.05) is 0 Å². The molecule has 130 valence electrons. The van der Waals surface area contributed by atoms with Crippen molar-refractivity contribution in [1.29, 1.82) is 0 Å². The van der Waals surface area contributed by atoms with Gasteiger partial charge in [-0.2, -0.15) is 26.3 Å². The predicted octanol–water partition coefficient (Wildman–Crippen LogP) is 5.11. The molecule has 0 atom stereocenters. The second kappa shape index (κ2) is 6.14. The summed E-state index contributed by atoms with van der Waals surface area (Å²) in [4.78, 5) is 0. The molecule has 0 heterocycles. The number of methoxy groups -OCH3 is 1. The van der Waals surface area contributed by atoms with Crippen molar-refractivity contribution in [2.75, 3.05) is 12.8 Å². The molecule has 0 fully saturated rings. The van der Waals surface area contributed by atoms with Crippen molar-refractivity contribution in [1.82, 2.24) is 0 Å². The Morgan fingerprint density at radius 3 is 1.79 bits per heavy atom. The Hall–Kier alpha value is -2.58. The van der Waals surface area contributed by atoms with Crippen LogP contribution in [0.2, 0.25) is 0 Å². The molecule has 24 heavy (non-hydrogen) atoms. The molecule has 0 amide bonds. The summed E-state index contributed by atoms with van der Waals surface area (Å²) in [7, 11) is 1.33. The zero-order valence-electron chi connectivity index (χ0n) is 12.1. The number of hydrogen-bond donors (Lipinski definition) is 1. The van der Waals surface area contributed by atoms with Crippen LogP contribution in [0, 0.1) is 0 Å². The fraction of sp³-hybridized carbons (Fsp3) is 0.200. The molecule has 0 aliphatic heterocycles. The second-order valence-corrected chi connectivity index (χ2v) is 4.75. The van der Waals surface area contributed by atoms with Crippen molar-refractivity contribution in [3.05, 3.63) is 47.5 Å². The van der Waals surface area contributed by atoms with Gasteiger partial charge in [0, 0.05) is 6.07 Å². The van der Waals surface area contributed by atoms with Crippen LogP contribution in [-0.4, -0.2) is 7.11 Å². The Morgan fingerprint density at radius 2 is 1.33 bits per heavy atom. The number of halogens is 6. The van der Waals surface area contributed by atoms with Gasteiger partial charge in [-0.3, -0.25) is 0 Å². The SMILES string of the molecule is COc1ccc(N)c(Oc2cc(C(F)(F)F)cc(C(F)(F)F)c2)c1. The summed E-state index contributed by atoms with van der Waals surface area (Å²) in [6.45, 7) is 0. The lowest BCUT2D eigenvalue weighted by Crippen LogP contribution is -2.11. The quantitative estimate of drug-likeness (QED) is 0.618. The zero-order valence-corrected chi connectivity index (χ0v) is 12.1. The number of nitrogen functional groups attached to an aromatic ring is 1. The van der Waals surface area contributed by atoms with Gasteiger partial charge in [-0.05, 0) is 30.3 Å². The van der Waals surface area contributed by atoms with Crippen LogP contribution in [-0.2, 0) is 12.4 Å². The van der Waals surface area contributed by atoms with Gasteiger partial charge in [0.25, 0.3) is 0 Å². The van der Waals surface area contributed by atoms with Gasteiger partial charge in [0.2, 0.25) is 0 Å². The third-order valence-electron chi connectivity index (χ3n) is 3.01. The zero-order chi connectivity index (χ0) is 18.1. The summed E-state index contributed by atoms with van der Waals surface area (Å²) in [6.07, 6.45) is -9.92. The molecule has 2 N–H and O–H groups in total. The largest absolute Gasteiger partial charge is 0.497 e. The number of nitrogens with two attached hydrogens (primary N) is 1. The number of anilines is 1. The van der Waals surface area contributed by atoms with E-state index in [0.29, 0.717) is 12.1 Å². The lowest BCUT2D eigenvalue weighted by atomic mass is 10.1. The molecule has 0 spiro atoms. The minimum absolute atomic E-state index is 0.0157. The molecular weight excluding hydrogens is 340 g/mol.